The molecule has 1 aliphatic carbocycles. The number of nitrogens with one attached hydrogen (secondary N) is 1. The molecular formula is C34H32BrClFN5O6. The lowest BCUT2D eigenvalue weighted by Crippen LogP contribution is -2.41. The maximum atomic E-state index is 15.2. The number of hydrogen-bond acceptors (Lipinski definition) is 6. The maximum absolute atomic E-state index is 15.2. The summed E-state index contributed by atoms with van der Waals surface area (Å²) < 4.78 is 29.9. The van der Waals surface area contributed by atoms with Crippen molar-refractivity contribution in [1.82, 2.24) is 19.4 Å². The Kier molecular flexibility index (Phi) is 9.35. The van der Waals surface area contributed by atoms with Gasteiger partial charge in [0.15, 0.2) is 6.10 Å². The number of nitrogens with zero attached hydrogens (tertiary/aromatic N) is 3. The zero-order valence-electron chi connectivity index (χ0n) is 26.0. The predicted molar refractivity (Wildman–Crippen MR) is 179 cm³/mol. The van der Waals surface area contributed by atoms with E-state index in [9.17, 15) is 19.2 Å². The standard InChI is InChI=1S/C34H32BrClFN5O6/c1-18(25-11-10-24(16-28(25)37)47-19(2)31(38)43)39-32(44)30-29-17-40(33(45)20-3-12-26(35)27(36)15-20)13-14-41(29)34(46)42(30)21-4-6-22(7-5-21)48-23-8-9-23/h3-7,10-12,15-16,18-19,23H,8-9,13-14,17H2,1-2H3,(H2,38,43)(H,39,44). The summed E-state index contributed by atoms with van der Waals surface area (Å²) in [6.45, 7) is 3.39. The molecule has 3 amide bonds. The molecule has 11 nitrogen and oxygen atoms in total. The van der Waals surface area contributed by atoms with E-state index in [0.717, 1.165) is 18.9 Å². The van der Waals surface area contributed by atoms with Crippen LogP contribution < -0.4 is 26.2 Å². The number of hydrogen-bond donors (Lipinski definition) is 2. The molecule has 0 radical (unpaired) electrons. The lowest BCUT2D eigenvalue weighted by molar-refractivity contribution is -0.124. The third-order valence-corrected chi connectivity index (χ3v) is 9.50. The molecule has 1 aliphatic heterocycles. The molecule has 2 unspecified atom stereocenters. The quantitative estimate of drug-likeness (QED) is 0.231. The van der Waals surface area contributed by atoms with E-state index in [0.29, 0.717) is 32.2 Å². The molecule has 1 aromatic heterocycles. The molecule has 0 bridgehead atoms. The second-order valence-corrected chi connectivity index (χ2v) is 13.0. The van der Waals surface area contributed by atoms with Gasteiger partial charge in [0.25, 0.3) is 17.7 Å². The maximum Gasteiger partial charge on any atom is 0.333 e. The number of benzene rings is 3. The summed E-state index contributed by atoms with van der Waals surface area (Å²) in [6, 6.07) is 14.9. The highest BCUT2D eigenvalue weighted by atomic mass is 79.9. The molecule has 4 aromatic rings. The average molecular weight is 741 g/mol. The van der Waals surface area contributed by atoms with Gasteiger partial charge < -0.3 is 25.4 Å². The zero-order chi connectivity index (χ0) is 34.3. The Morgan fingerprint density at radius 2 is 1.73 bits per heavy atom. The summed E-state index contributed by atoms with van der Waals surface area (Å²) >= 11 is 9.59. The molecule has 2 atom stereocenters. The zero-order valence-corrected chi connectivity index (χ0v) is 28.4. The highest BCUT2D eigenvalue weighted by Crippen LogP contribution is 2.30. The highest BCUT2D eigenvalue weighted by molar-refractivity contribution is 9.10. The molecule has 14 heteroatoms. The van der Waals surface area contributed by atoms with Gasteiger partial charge in [-0.05, 0) is 91.1 Å². The summed E-state index contributed by atoms with van der Waals surface area (Å²) in [5.41, 5.74) is 6.07. The van der Waals surface area contributed by atoms with Crippen molar-refractivity contribution < 1.29 is 28.2 Å². The molecule has 0 saturated heterocycles. The van der Waals surface area contributed by atoms with Crippen LogP contribution >= 0.6 is 27.5 Å². The third kappa shape index (κ3) is 6.83. The largest absolute Gasteiger partial charge is 0.490 e. The van der Waals surface area contributed by atoms with Crippen LogP contribution in [-0.2, 0) is 17.9 Å². The van der Waals surface area contributed by atoms with Gasteiger partial charge in [0.2, 0.25) is 0 Å². The minimum absolute atomic E-state index is 0.0182. The molecule has 48 heavy (non-hydrogen) atoms. The fraction of sp³-hybridized carbons (Fsp3) is 0.294. The Morgan fingerprint density at radius 3 is 2.38 bits per heavy atom. The van der Waals surface area contributed by atoms with E-state index < -0.39 is 35.5 Å². The molecule has 2 heterocycles. The number of ether oxygens (including phenoxy) is 2. The lowest BCUT2D eigenvalue weighted by atomic mass is 10.1. The molecule has 1 fully saturated rings. The number of imidazole rings is 1. The van der Waals surface area contributed by atoms with Crippen LogP contribution in [0.15, 0.2) is 69.9 Å². The first-order valence-electron chi connectivity index (χ1n) is 15.3. The summed E-state index contributed by atoms with van der Waals surface area (Å²) in [5, 5.41) is 3.20. The number of carbonyl (C=O) groups excluding carboxylic acids is 3. The predicted octanol–water partition coefficient (Wildman–Crippen LogP) is 5.13. The molecule has 250 valence electrons. The Bertz CT molecular complexity index is 1980. The molecule has 3 aromatic carbocycles. The SMILES string of the molecule is CC(Oc1ccc(C(C)NC(=O)c2c3n(c(=O)n2-c2ccc(OC4CC4)cc2)CCN(C(=O)c2ccc(Br)c(Cl)c2)C3)c(F)c1)C(N)=O. The van der Waals surface area contributed by atoms with E-state index in [-0.39, 0.29) is 48.7 Å². The minimum atomic E-state index is -0.966. The number of primary amides is 1. The number of amides is 3. The van der Waals surface area contributed by atoms with E-state index >= 15 is 4.39 Å². The first kappa shape index (κ1) is 33.3. The summed E-state index contributed by atoms with van der Waals surface area (Å²) in [5.74, 6) is -1.59. The van der Waals surface area contributed by atoms with Crippen LogP contribution in [0, 0.1) is 5.82 Å². The van der Waals surface area contributed by atoms with Gasteiger partial charge in [-0.3, -0.25) is 23.5 Å². The fourth-order valence-corrected chi connectivity index (χ4v) is 5.93. The fourth-order valence-electron chi connectivity index (χ4n) is 5.51. The van der Waals surface area contributed by atoms with Crippen LogP contribution in [0.4, 0.5) is 4.39 Å². The Morgan fingerprint density at radius 1 is 1.02 bits per heavy atom. The topological polar surface area (TPSA) is 138 Å². The van der Waals surface area contributed by atoms with Gasteiger partial charge in [-0.1, -0.05) is 17.7 Å². The first-order chi connectivity index (χ1) is 22.9. The van der Waals surface area contributed by atoms with Crippen LogP contribution in [0.3, 0.4) is 0 Å². The van der Waals surface area contributed by atoms with Crippen molar-refractivity contribution in [2.75, 3.05) is 6.54 Å². The van der Waals surface area contributed by atoms with Crippen LogP contribution in [-0.4, -0.2) is 50.5 Å². The van der Waals surface area contributed by atoms with Crippen molar-refractivity contribution in [3.05, 3.63) is 109 Å². The van der Waals surface area contributed by atoms with Gasteiger partial charge in [0.05, 0.1) is 35.1 Å². The number of aromatic nitrogens is 2. The van der Waals surface area contributed by atoms with Gasteiger partial charge in [-0.25, -0.2) is 9.18 Å². The van der Waals surface area contributed by atoms with Gasteiger partial charge >= 0.3 is 5.69 Å². The van der Waals surface area contributed by atoms with E-state index in [2.05, 4.69) is 21.2 Å². The molecular weight excluding hydrogens is 709 g/mol. The van der Waals surface area contributed by atoms with Crippen molar-refractivity contribution in [1.29, 1.82) is 0 Å². The Hall–Kier alpha value is -4.62. The molecule has 6 rings (SSSR count). The van der Waals surface area contributed by atoms with E-state index in [1.54, 1.807) is 54.3 Å². The third-order valence-electron chi connectivity index (χ3n) is 8.27. The highest BCUT2D eigenvalue weighted by Gasteiger charge is 2.33. The van der Waals surface area contributed by atoms with Crippen LogP contribution in [0.5, 0.6) is 11.5 Å². The number of halogens is 3. The number of carbonyl (C=O) groups is 3. The average Bonchev–Trinajstić information content (AvgIpc) is 3.83. The second kappa shape index (κ2) is 13.5. The Balaban J connectivity index is 1.33. The monoisotopic (exact) mass is 739 g/mol. The van der Waals surface area contributed by atoms with Crippen molar-refractivity contribution in [3.63, 3.8) is 0 Å². The molecule has 0 spiro atoms. The van der Waals surface area contributed by atoms with E-state index in [1.165, 1.54) is 28.2 Å². The van der Waals surface area contributed by atoms with Crippen LogP contribution in [0.2, 0.25) is 5.02 Å². The molecule has 3 N–H and O–H groups in total. The summed E-state index contributed by atoms with van der Waals surface area (Å²) in [4.78, 5) is 54.5. The van der Waals surface area contributed by atoms with Crippen LogP contribution in [0.1, 0.15) is 64.8 Å². The molecule has 1 saturated carbocycles. The van der Waals surface area contributed by atoms with Gasteiger partial charge in [0, 0.05) is 34.8 Å². The smallest absolute Gasteiger partial charge is 0.333 e. The van der Waals surface area contributed by atoms with Gasteiger partial charge in [0.1, 0.15) is 23.0 Å². The van der Waals surface area contributed by atoms with Gasteiger partial charge in [-0.15, -0.1) is 0 Å². The van der Waals surface area contributed by atoms with Crippen molar-refractivity contribution in [2.45, 2.75) is 58.0 Å². The van der Waals surface area contributed by atoms with Crippen molar-refractivity contribution >= 4 is 45.3 Å². The number of nitrogens with two attached hydrogens (primary N) is 1. The van der Waals surface area contributed by atoms with Gasteiger partial charge in [-0.2, -0.15) is 0 Å². The van der Waals surface area contributed by atoms with Crippen molar-refractivity contribution in [2.24, 2.45) is 5.73 Å². The molecule has 2 aliphatic rings. The Labute approximate surface area is 288 Å². The van der Waals surface area contributed by atoms with E-state index in [1.807, 2.05) is 0 Å². The number of fused-ring (bicyclic) bond motifs is 1. The first-order valence-corrected chi connectivity index (χ1v) is 16.5. The van der Waals surface area contributed by atoms with Crippen LogP contribution in [0.25, 0.3) is 5.69 Å². The normalized spacial score (nSPS) is 15.3. The lowest BCUT2D eigenvalue weighted by Gasteiger charge is -2.28. The number of rotatable bonds is 10. The van der Waals surface area contributed by atoms with Crippen molar-refractivity contribution in [3.8, 4) is 17.2 Å². The minimum Gasteiger partial charge on any atom is -0.490 e. The summed E-state index contributed by atoms with van der Waals surface area (Å²) in [7, 11) is 0. The second-order valence-electron chi connectivity index (χ2n) is 11.8. The summed E-state index contributed by atoms with van der Waals surface area (Å²) in [6.07, 6.45) is 1.19. The van der Waals surface area contributed by atoms with E-state index in [4.69, 9.17) is 26.8 Å².